The summed E-state index contributed by atoms with van der Waals surface area (Å²) >= 11 is 6.08. The molecule has 0 saturated heterocycles. The van der Waals surface area contributed by atoms with Crippen molar-refractivity contribution in [3.8, 4) is 0 Å². The predicted molar refractivity (Wildman–Crippen MR) is 95.3 cm³/mol. The van der Waals surface area contributed by atoms with Crippen LogP contribution in [0.4, 0.5) is 5.69 Å². The number of halogens is 1. The van der Waals surface area contributed by atoms with E-state index in [1.807, 2.05) is 30.4 Å². The molecule has 2 amide bonds. The van der Waals surface area contributed by atoms with Crippen LogP contribution < -0.4 is 16.2 Å². The number of amides is 2. The lowest BCUT2D eigenvalue weighted by molar-refractivity contribution is -0.116. The third kappa shape index (κ3) is 3.04. The molecule has 3 rings (SSSR count). The van der Waals surface area contributed by atoms with Gasteiger partial charge in [0, 0.05) is 17.5 Å². The summed E-state index contributed by atoms with van der Waals surface area (Å²) in [5.41, 5.74) is 6.02. The monoisotopic (exact) mass is 341 g/mol. The van der Waals surface area contributed by atoms with Crippen molar-refractivity contribution < 1.29 is 9.59 Å². The second kappa shape index (κ2) is 6.47. The summed E-state index contributed by atoms with van der Waals surface area (Å²) in [4.78, 5) is 25.5. The van der Waals surface area contributed by atoms with E-state index in [0.717, 1.165) is 22.4 Å². The van der Waals surface area contributed by atoms with E-state index in [4.69, 9.17) is 17.4 Å². The molecule has 2 aromatic carbocycles. The molecule has 1 aliphatic heterocycles. The molecule has 5 nitrogen and oxygen atoms in total. The summed E-state index contributed by atoms with van der Waals surface area (Å²) in [7, 11) is 0. The topological polar surface area (TPSA) is 75.4 Å². The predicted octanol–water partition coefficient (Wildman–Crippen LogP) is 2.98. The first kappa shape index (κ1) is 16.2. The number of nitrogens with one attached hydrogen (secondary N) is 1. The summed E-state index contributed by atoms with van der Waals surface area (Å²) in [6.45, 7) is 1.94. The molecular formula is C18H16ClN3O2. The van der Waals surface area contributed by atoms with Crippen LogP contribution in [0.5, 0.6) is 0 Å². The Bertz CT molecular complexity index is 861. The summed E-state index contributed by atoms with van der Waals surface area (Å²) in [5, 5.41) is 0.596. The molecule has 3 N–H and O–H groups in total. The van der Waals surface area contributed by atoms with Crippen molar-refractivity contribution >= 4 is 41.3 Å². The van der Waals surface area contributed by atoms with E-state index in [9.17, 15) is 9.59 Å². The van der Waals surface area contributed by atoms with Gasteiger partial charge in [0.05, 0.1) is 12.2 Å². The van der Waals surface area contributed by atoms with E-state index < -0.39 is 0 Å². The van der Waals surface area contributed by atoms with Crippen LogP contribution in [0.15, 0.2) is 36.4 Å². The smallest absolute Gasteiger partial charge is 0.265 e. The summed E-state index contributed by atoms with van der Waals surface area (Å²) in [6.07, 6.45) is 3.80. The van der Waals surface area contributed by atoms with Gasteiger partial charge >= 0.3 is 0 Å². The Morgan fingerprint density at radius 1 is 1.12 bits per heavy atom. The lowest BCUT2D eigenvalue weighted by Crippen LogP contribution is -2.31. The van der Waals surface area contributed by atoms with Crippen molar-refractivity contribution in [2.75, 3.05) is 4.90 Å². The van der Waals surface area contributed by atoms with E-state index in [0.29, 0.717) is 17.1 Å². The third-order valence-corrected chi connectivity index (χ3v) is 4.21. The van der Waals surface area contributed by atoms with Gasteiger partial charge in [-0.2, -0.15) is 0 Å². The van der Waals surface area contributed by atoms with Crippen LogP contribution in [-0.2, 0) is 11.3 Å². The quantitative estimate of drug-likeness (QED) is 0.475. The molecule has 0 bridgehead atoms. The molecule has 0 fully saturated rings. The van der Waals surface area contributed by atoms with Crippen molar-refractivity contribution in [1.29, 1.82) is 0 Å². The number of benzene rings is 2. The van der Waals surface area contributed by atoms with Crippen molar-refractivity contribution in [2.24, 2.45) is 5.84 Å². The number of anilines is 1. The molecule has 0 unspecified atom stereocenters. The van der Waals surface area contributed by atoms with Gasteiger partial charge in [-0.25, -0.2) is 5.84 Å². The molecule has 1 heterocycles. The van der Waals surface area contributed by atoms with Gasteiger partial charge in [-0.1, -0.05) is 29.8 Å². The number of hydrogen-bond donors (Lipinski definition) is 2. The van der Waals surface area contributed by atoms with Crippen LogP contribution in [0, 0.1) is 0 Å². The van der Waals surface area contributed by atoms with Crippen LogP contribution in [-0.4, -0.2) is 11.8 Å². The van der Waals surface area contributed by atoms with Crippen molar-refractivity contribution in [3.05, 3.63) is 63.7 Å². The minimum atomic E-state index is -0.361. The first-order chi connectivity index (χ1) is 11.5. The first-order valence-corrected chi connectivity index (χ1v) is 7.77. The number of nitrogen functional groups attached to an aromatic ring is 1. The Morgan fingerprint density at radius 2 is 1.88 bits per heavy atom. The fourth-order valence-electron chi connectivity index (χ4n) is 2.74. The highest BCUT2D eigenvalue weighted by molar-refractivity contribution is 6.30. The molecule has 24 heavy (non-hydrogen) atoms. The maximum absolute atomic E-state index is 12.1. The lowest BCUT2D eigenvalue weighted by atomic mass is 9.98. The number of carbonyl (C=O) groups excluding carboxylic acids is 2. The number of carbonyl (C=O) groups is 2. The van der Waals surface area contributed by atoms with Gasteiger partial charge in [0.15, 0.2) is 0 Å². The molecular weight excluding hydrogens is 326 g/mol. The van der Waals surface area contributed by atoms with Gasteiger partial charge in [-0.3, -0.25) is 15.0 Å². The van der Waals surface area contributed by atoms with Crippen molar-refractivity contribution in [1.82, 2.24) is 5.43 Å². The van der Waals surface area contributed by atoms with E-state index >= 15 is 0 Å². The number of rotatable bonds is 1. The van der Waals surface area contributed by atoms with Gasteiger partial charge in [0.1, 0.15) is 0 Å². The molecule has 6 heteroatoms. The lowest BCUT2D eigenvalue weighted by Gasteiger charge is -2.26. The second-order valence-electron chi connectivity index (χ2n) is 5.53. The Morgan fingerprint density at radius 3 is 2.58 bits per heavy atom. The Balaban J connectivity index is 2.15. The van der Waals surface area contributed by atoms with Gasteiger partial charge in [-0.15, -0.1) is 0 Å². The third-order valence-electron chi connectivity index (χ3n) is 3.97. The van der Waals surface area contributed by atoms with Crippen LogP contribution >= 0.6 is 11.6 Å². The summed E-state index contributed by atoms with van der Waals surface area (Å²) in [5.74, 6) is 4.77. The molecule has 2 aromatic rings. The van der Waals surface area contributed by atoms with Crippen LogP contribution in [0.25, 0.3) is 12.2 Å². The van der Waals surface area contributed by atoms with E-state index in [2.05, 4.69) is 5.43 Å². The molecule has 1 aliphatic rings. The molecule has 0 aromatic heterocycles. The van der Waals surface area contributed by atoms with Gasteiger partial charge in [0.2, 0.25) is 5.91 Å². The molecule has 0 atom stereocenters. The van der Waals surface area contributed by atoms with Crippen LogP contribution in [0.2, 0.25) is 5.02 Å². The SMILES string of the molecule is CC(=O)N1Cc2ccc(C(=O)NN)cc2C=Cc2cc(Cl)ccc21. The zero-order valence-electron chi connectivity index (χ0n) is 13.0. The largest absolute Gasteiger partial charge is 0.308 e. The van der Waals surface area contributed by atoms with Crippen LogP contribution in [0.1, 0.15) is 34.0 Å². The second-order valence-corrected chi connectivity index (χ2v) is 5.97. The van der Waals surface area contributed by atoms with E-state index in [-0.39, 0.29) is 11.8 Å². The minimum absolute atomic E-state index is 0.0661. The summed E-state index contributed by atoms with van der Waals surface area (Å²) in [6, 6.07) is 10.7. The number of fused-ring (bicyclic) bond motifs is 2. The Kier molecular flexibility index (Phi) is 4.38. The zero-order valence-corrected chi connectivity index (χ0v) is 13.8. The Hall–Kier alpha value is -2.63. The molecule has 0 spiro atoms. The molecule has 0 aliphatic carbocycles. The standard InChI is InChI=1S/C18H16ClN3O2/c1-11(23)22-10-15-5-4-14(18(24)21-20)8-12(15)2-3-13-9-16(19)6-7-17(13)22/h2-9H,10,20H2,1H3,(H,21,24). The molecule has 122 valence electrons. The number of hydrogen-bond acceptors (Lipinski definition) is 3. The number of nitrogens with two attached hydrogens (primary N) is 1. The number of nitrogens with zero attached hydrogens (tertiary/aromatic N) is 1. The Labute approximate surface area is 144 Å². The van der Waals surface area contributed by atoms with Crippen molar-refractivity contribution in [2.45, 2.75) is 13.5 Å². The zero-order chi connectivity index (χ0) is 17.3. The maximum atomic E-state index is 12.1. The fourth-order valence-corrected chi connectivity index (χ4v) is 2.92. The maximum Gasteiger partial charge on any atom is 0.265 e. The fraction of sp³-hybridized carbons (Fsp3) is 0.111. The summed E-state index contributed by atoms with van der Waals surface area (Å²) < 4.78 is 0. The number of hydrazine groups is 1. The average molecular weight is 342 g/mol. The van der Waals surface area contributed by atoms with Crippen LogP contribution in [0.3, 0.4) is 0 Å². The molecule has 0 radical (unpaired) electrons. The highest BCUT2D eigenvalue weighted by Crippen LogP contribution is 2.31. The van der Waals surface area contributed by atoms with Crippen molar-refractivity contribution in [3.63, 3.8) is 0 Å². The van der Waals surface area contributed by atoms with Gasteiger partial charge in [-0.05, 0) is 47.0 Å². The van der Waals surface area contributed by atoms with E-state index in [1.165, 1.54) is 6.92 Å². The highest BCUT2D eigenvalue weighted by Gasteiger charge is 2.19. The van der Waals surface area contributed by atoms with E-state index in [1.54, 1.807) is 23.1 Å². The highest BCUT2D eigenvalue weighted by atomic mass is 35.5. The normalized spacial score (nSPS) is 12.7. The van der Waals surface area contributed by atoms with Gasteiger partial charge in [0.25, 0.3) is 5.91 Å². The minimum Gasteiger partial charge on any atom is -0.308 e. The van der Waals surface area contributed by atoms with Gasteiger partial charge < -0.3 is 4.90 Å². The first-order valence-electron chi connectivity index (χ1n) is 7.39. The molecule has 0 saturated carbocycles. The average Bonchev–Trinajstić information content (AvgIpc) is 2.56.